The number of benzene rings is 1. The van der Waals surface area contributed by atoms with Crippen LogP contribution in [0, 0.1) is 6.92 Å². The second-order valence-corrected chi connectivity index (χ2v) is 7.23. The van der Waals surface area contributed by atoms with Gasteiger partial charge in [-0.3, -0.25) is 9.56 Å². The molecular formula is C20H28F2N6O2. The number of nitrogens with one attached hydrogen (secondary N) is 2. The molecule has 0 aliphatic carbocycles. The SMILES string of the molecule is CN=C(NCCCn1nc2n(c1=O)CCCC2)NCc1cc(C)ccc1OC(F)F. The second kappa shape index (κ2) is 10.2. The molecule has 1 aliphatic heterocycles. The van der Waals surface area contributed by atoms with Gasteiger partial charge in [0.15, 0.2) is 5.96 Å². The van der Waals surface area contributed by atoms with Gasteiger partial charge >= 0.3 is 12.3 Å². The minimum atomic E-state index is -2.87. The first-order valence-electron chi connectivity index (χ1n) is 10.1. The molecule has 0 radical (unpaired) electrons. The molecule has 10 heteroatoms. The van der Waals surface area contributed by atoms with Crippen molar-refractivity contribution in [2.24, 2.45) is 4.99 Å². The van der Waals surface area contributed by atoms with Gasteiger partial charge in [0.1, 0.15) is 11.6 Å². The number of alkyl halides is 2. The molecule has 1 aromatic carbocycles. The Kier molecular flexibility index (Phi) is 7.42. The smallest absolute Gasteiger partial charge is 0.387 e. The van der Waals surface area contributed by atoms with Crippen molar-refractivity contribution >= 4 is 5.96 Å². The molecule has 2 aromatic rings. The van der Waals surface area contributed by atoms with Gasteiger partial charge in [0.2, 0.25) is 0 Å². The van der Waals surface area contributed by atoms with E-state index in [1.165, 1.54) is 10.7 Å². The molecule has 0 amide bonds. The molecule has 2 heterocycles. The Balaban J connectivity index is 1.48. The maximum Gasteiger partial charge on any atom is 0.387 e. The minimum absolute atomic E-state index is 0.0433. The molecule has 0 atom stereocenters. The Morgan fingerprint density at radius 2 is 2.17 bits per heavy atom. The lowest BCUT2D eigenvalue weighted by atomic mass is 10.1. The number of guanidine groups is 1. The second-order valence-electron chi connectivity index (χ2n) is 7.23. The normalized spacial score (nSPS) is 14.0. The van der Waals surface area contributed by atoms with Crippen LogP contribution in [-0.2, 0) is 26.1 Å². The van der Waals surface area contributed by atoms with Crippen LogP contribution < -0.4 is 21.1 Å². The zero-order valence-electron chi connectivity index (χ0n) is 17.3. The maximum atomic E-state index is 12.6. The fourth-order valence-corrected chi connectivity index (χ4v) is 3.49. The standard InChI is InChI=1S/C20H28F2N6O2/c1-14-7-8-16(30-18(21)22)15(12-14)13-25-19(23-2)24-9-5-11-28-20(29)27-10-4-3-6-17(27)26-28/h7-8,12,18H,3-6,9-11,13H2,1-2H3,(H2,23,24,25). The van der Waals surface area contributed by atoms with E-state index in [9.17, 15) is 13.6 Å². The number of ether oxygens (including phenoxy) is 1. The lowest BCUT2D eigenvalue weighted by Crippen LogP contribution is -2.38. The van der Waals surface area contributed by atoms with Crippen LogP contribution in [0.5, 0.6) is 5.75 Å². The molecule has 1 aliphatic rings. The van der Waals surface area contributed by atoms with Gasteiger partial charge in [-0.1, -0.05) is 17.7 Å². The monoisotopic (exact) mass is 422 g/mol. The quantitative estimate of drug-likeness (QED) is 0.386. The third-order valence-corrected chi connectivity index (χ3v) is 4.97. The van der Waals surface area contributed by atoms with Crippen LogP contribution >= 0.6 is 0 Å². The highest BCUT2D eigenvalue weighted by molar-refractivity contribution is 5.79. The molecule has 3 rings (SSSR count). The molecule has 8 nitrogen and oxygen atoms in total. The molecule has 0 unspecified atom stereocenters. The van der Waals surface area contributed by atoms with E-state index in [-0.39, 0.29) is 18.0 Å². The van der Waals surface area contributed by atoms with Crippen LogP contribution in [0.3, 0.4) is 0 Å². The molecule has 0 saturated heterocycles. The van der Waals surface area contributed by atoms with E-state index in [0.717, 1.165) is 37.2 Å². The number of hydrogen-bond acceptors (Lipinski definition) is 4. The van der Waals surface area contributed by atoms with Crippen molar-refractivity contribution in [1.29, 1.82) is 0 Å². The van der Waals surface area contributed by atoms with Gasteiger partial charge in [-0.05, 0) is 32.3 Å². The number of fused-ring (bicyclic) bond motifs is 1. The minimum Gasteiger partial charge on any atom is -0.434 e. The zero-order chi connectivity index (χ0) is 21.5. The van der Waals surface area contributed by atoms with Crippen LogP contribution in [-0.4, -0.2) is 40.5 Å². The lowest BCUT2D eigenvalue weighted by molar-refractivity contribution is -0.0504. The van der Waals surface area contributed by atoms with Crippen LogP contribution in [0.25, 0.3) is 0 Å². The average molecular weight is 422 g/mol. The largest absolute Gasteiger partial charge is 0.434 e. The van der Waals surface area contributed by atoms with Gasteiger partial charge < -0.3 is 15.4 Å². The fourth-order valence-electron chi connectivity index (χ4n) is 3.49. The van der Waals surface area contributed by atoms with Gasteiger partial charge in [0.25, 0.3) is 0 Å². The van der Waals surface area contributed by atoms with Crippen molar-refractivity contribution in [3.8, 4) is 5.75 Å². The Bertz CT molecular complexity index is 938. The molecule has 0 fully saturated rings. The van der Waals surface area contributed by atoms with Crippen LogP contribution in [0.15, 0.2) is 28.0 Å². The molecule has 30 heavy (non-hydrogen) atoms. The van der Waals surface area contributed by atoms with Gasteiger partial charge in [0.05, 0.1) is 0 Å². The lowest BCUT2D eigenvalue weighted by Gasteiger charge is -2.15. The van der Waals surface area contributed by atoms with Crippen LogP contribution in [0.4, 0.5) is 8.78 Å². The Hall–Kier alpha value is -2.91. The summed E-state index contributed by atoms with van der Waals surface area (Å²) in [6, 6.07) is 5.06. The van der Waals surface area contributed by atoms with Crippen molar-refractivity contribution in [3.05, 3.63) is 45.6 Å². The third kappa shape index (κ3) is 5.58. The molecule has 0 bridgehead atoms. The Morgan fingerprint density at radius 3 is 2.90 bits per heavy atom. The molecule has 1 aromatic heterocycles. The number of aryl methyl sites for hydroxylation is 3. The maximum absolute atomic E-state index is 12.6. The highest BCUT2D eigenvalue weighted by atomic mass is 19.3. The highest BCUT2D eigenvalue weighted by Gasteiger charge is 2.16. The third-order valence-electron chi connectivity index (χ3n) is 4.97. The first-order valence-corrected chi connectivity index (χ1v) is 10.1. The van der Waals surface area contributed by atoms with Crippen molar-refractivity contribution in [1.82, 2.24) is 25.0 Å². The van der Waals surface area contributed by atoms with E-state index in [2.05, 4.69) is 25.5 Å². The molecule has 0 spiro atoms. The summed E-state index contributed by atoms with van der Waals surface area (Å²) in [5, 5.41) is 10.7. The van der Waals surface area contributed by atoms with Crippen LogP contribution in [0.1, 0.15) is 36.2 Å². The highest BCUT2D eigenvalue weighted by Crippen LogP contribution is 2.21. The van der Waals surface area contributed by atoms with Crippen LogP contribution in [0.2, 0.25) is 0 Å². The van der Waals surface area contributed by atoms with E-state index in [1.807, 2.05) is 6.92 Å². The van der Waals surface area contributed by atoms with Gasteiger partial charge in [0, 0.05) is 45.2 Å². The van der Waals surface area contributed by atoms with E-state index >= 15 is 0 Å². The molecule has 0 saturated carbocycles. The number of halogens is 2. The van der Waals surface area contributed by atoms with E-state index in [0.29, 0.717) is 31.0 Å². The first-order chi connectivity index (χ1) is 14.5. The number of nitrogens with zero attached hydrogens (tertiary/aromatic N) is 4. The van der Waals surface area contributed by atoms with Gasteiger partial charge in [-0.15, -0.1) is 0 Å². The predicted molar refractivity (Wildman–Crippen MR) is 110 cm³/mol. The molecule has 164 valence electrons. The van der Waals surface area contributed by atoms with Gasteiger partial charge in [-0.25, -0.2) is 9.48 Å². The molecule has 2 N–H and O–H groups in total. The zero-order valence-corrected chi connectivity index (χ0v) is 17.3. The van der Waals surface area contributed by atoms with Crippen molar-refractivity contribution < 1.29 is 13.5 Å². The summed E-state index contributed by atoms with van der Waals surface area (Å²) in [7, 11) is 1.64. The predicted octanol–water partition coefficient (Wildman–Crippen LogP) is 2.05. The first kappa shape index (κ1) is 21.8. The Morgan fingerprint density at radius 1 is 1.33 bits per heavy atom. The van der Waals surface area contributed by atoms with E-state index < -0.39 is 6.61 Å². The summed E-state index contributed by atoms with van der Waals surface area (Å²) < 4.78 is 33.1. The van der Waals surface area contributed by atoms with Crippen molar-refractivity contribution in [3.63, 3.8) is 0 Å². The van der Waals surface area contributed by atoms with Gasteiger partial charge in [-0.2, -0.15) is 13.9 Å². The van der Waals surface area contributed by atoms with E-state index in [4.69, 9.17) is 0 Å². The fraction of sp³-hybridized carbons (Fsp3) is 0.550. The number of rotatable bonds is 8. The number of aromatic nitrogens is 3. The summed E-state index contributed by atoms with van der Waals surface area (Å²) in [5.41, 5.74) is 1.52. The Labute approximate surface area is 174 Å². The summed E-state index contributed by atoms with van der Waals surface area (Å²) >= 11 is 0. The summed E-state index contributed by atoms with van der Waals surface area (Å²) in [6.07, 6.45) is 3.65. The summed E-state index contributed by atoms with van der Waals surface area (Å²) in [4.78, 5) is 16.5. The number of hydrogen-bond donors (Lipinski definition) is 2. The summed E-state index contributed by atoms with van der Waals surface area (Å²) in [5.74, 6) is 1.55. The summed E-state index contributed by atoms with van der Waals surface area (Å²) in [6.45, 7) is 1.16. The van der Waals surface area contributed by atoms with Crippen molar-refractivity contribution in [2.75, 3.05) is 13.6 Å². The van der Waals surface area contributed by atoms with Crippen molar-refractivity contribution in [2.45, 2.75) is 58.9 Å². The van der Waals surface area contributed by atoms with E-state index in [1.54, 1.807) is 23.7 Å². The number of aliphatic imine (C=N–C) groups is 1. The molecular weight excluding hydrogens is 394 g/mol. The average Bonchev–Trinajstić information content (AvgIpc) is 3.05. The topological polar surface area (TPSA) is 85.5 Å².